The first-order valence-corrected chi connectivity index (χ1v) is 19.4. The van der Waals surface area contributed by atoms with Crippen LogP contribution in [0.25, 0.3) is 0 Å². The second kappa shape index (κ2) is 40.7. The minimum Gasteiger partial charge on any atom is -0.449 e. The highest BCUT2D eigenvalue weighted by Crippen LogP contribution is 2.15. The van der Waals surface area contributed by atoms with Crippen LogP contribution in [0, 0.1) is 0 Å². The number of alkyl halides is 1. The van der Waals surface area contributed by atoms with Crippen LogP contribution in [0.4, 0.5) is 0 Å². The molecule has 0 fully saturated rings. The summed E-state index contributed by atoms with van der Waals surface area (Å²) in [6.07, 6.45) is 41.4. The molecule has 0 rings (SSSR count). The van der Waals surface area contributed by atoms with Gasteiger partial charge in [-0.1, -0.05) is 205 Å². The zero-order valence-corrected chi connectivity index (χ0v) is 29.8. The van der Waals surface area contributed by atoms with Crippen LogP contribution in [0.5, 0.6) is 0 Å². The number of halogens is 2. The third-order valence-corrected chi connectivity index (χ3v) is 8.47. The Morgan fingerprint density at radius 2 is 0.643 bits per heavy atom. The largest absolute Gasteiger partial charge is 0.449 e. The van der Waals surface area contributed by atoms with Gasteiger partial charge in [0.25, 0.3) is 0 Å². The fourth-order valence-corrected chi connectivity index (χ4v) is 5.66. The van der Waals surface area contributed by atoms with Gasteiger partial charge in [-0.05, 0) is 24.4 Å². The summed E-state index contributed by atoms with van der Waals surface area (Å²) in [6, 6.07) is -0.0163. The van der Waals surface area contributed by atoms with Crippen molar-refractivity contribution in [3.63, 3.8) is 0 Å². The number of hydrogen-bond donors (Lipinski definition) is 0. The van der Waals surface area contributed by atoms with Crippen LogP contribution in [-0.2, 0) is 14.3 Å². The fourth-order valence-electron chi connectivity index (χ4n) is 5.41. The average Bonchev–Trinajstić information content (AvgIpc) is 2.97. The quantitative estimate of drug-likeness (QED) is 0.0312. The maximum atomic E-state index is 11.1. The first-order valence-electron chi connectivity index (χ1n) is 18.5. The first-order chi connectivity index (χ1) is 20.6. The van der Waals surface area contributed by atoms with Gasteiger partial charge < -0.3 is 4.74 Å². The van der Waals surface area contributed by atoms with E-state index in [-0.39, 0.29) is 17.3 Å². The molecule has 0 aliphatic heterocycles. The van der Waals surface area contributed by atoms with Gasteiger partial charge in [0.15, 0.2) is 6.07 Å². The molecule has 0 radical (unpaired) electrons. The van der Waals surface area contributed by atoms with Crippen molar-refractivity contribution in [3.05, 3.63) is 0 Å². The fraction of sp³-hybridized carbons (Fsp3) is 0.946. The van der Waals surface area contributed by atoms with Crippen molar-refractivity contribution >= 4 is 34.4 Å². The highest BCUT2D eigenvalue weighted by atomic mass is 35.5. The van der Waals surface area contributed by atoms with E-state index in [1.807, 2.05) is 0 Å². The standard InChI is InChI=1S/C19H37ClO2.C18H35ClO/c1-2-3-4-5-6-7-8-9-10-11-12-13-14-15-16-17-19(21)22-18-20;1-2-3-4-5-6-7-8-9-10-11-12-13-14-15-16-17-18(19)20/h2-18H2,1H3;2-17H2,1H3. The lowest BCUT2D eigenvalue weighted by Gasteiger charge is -2.03. The summed E-state index contributed by atoms with van der Waals surface area (Å²) >= 11 is 10.6. The van der Waals surface area contributed by atoms with Gasteiger partial charge in [-0.15, -0.1) is 0 Å². The monoisotopic (exact) mass is 634 g/mol. The van der Waals surface area contributed by atoms with E-state index >= 15 is 0 Å². The van der Waals surface area contributed by atoms with Crippen molar-refractivity contribution in [2.75, 3.05) is 6.07 Å². The molecule has 0 N–H and O–H groups in total. The van der Waals surface area contributed by atoms with E-state index in [1.165, 1.54) is 167 Å². The third kappa shape index (κ3) is 44.2. The summed E-state index contributed by atoms with van der Waals surface area (Å²) in [5, 5.41) is -0.181. The molecule has 5 heteroatoms. The molecular formula is C37H72Cl2O3. The normalized spacial score (nSPS) is 10.9. The number of rotatable bonds is 33. The Morgan fingerprint density at radius 1 is 0.405 bits per heavy atom. The Morgan fingerprint density at radius 3 is 0.881 bits per heavy atom. The third-order valence-electron chi connectivity index (χ3n) is 8.18. The lowest BCUT2D eigenvalue weighted by Crippen LogP contribution is -2.01. The molecule has 0 aliphatic rings. The molecule has 42 heavy (non-hydrogen) atoms. The molecule has 0 aliphatic carbocycles. The Labute approximate surface area is 273 Å². The van der Waals surface area contributed by atoms with Crippen LogP contribution in [-0.4, -0.2) is 17.3 Å². The van der Waals surface area contributed by atoms with Crippen LogP contribution < -0.4 is 0 Å². The predicted octanol–water partition coefficient (Wildman–Crippen LogP) is 14.0. The first kappa shape index (κ1) is 43.8. The number of unbranched alkanes of at least 4 members (excludes halogenated alkanes) is 28. The zero-order valence-electron chi connectivity index (χ0n) is 28.3. The van der Waals surface area contributed by atoms with Crippen LogP contribution >= 0.6 is 23.2 Å². The summed E-state index contributed by atoms with van der Waals surface area (Å²) in [5.74, 6) is -0.162. The Kier molecular flexibility index (Phi) is 42.5. The minimum atomic E-state index is -0.181. The topological polar surface area (TPSA) is 43.4 Å². The lowest BCUT2D eigenvalue weighted by molar-refractivity contribution is -0.141. The highest BCUT2D eigenvalue weighted by molar-refractivity contribution is 6.63. The van der Waals surface area contributed by atoms with Gasteiger partial charge in [-0.2, -0.15) is 0 Å². The number of ether oxygens (including phenoxy) is 1. The zero-order chi connectivity index (χ0) is 31.2. The van der Waals surface area contributed by atoms with E-state index in [2.05, 4.69) is 18.6 Å². The summed E-state index contributed by atoms with van der Waals surface area (Å²) in [5.41, 5.74) is 0. The Bertz CT molecular complexity index is 527. The van der Waals surface area contributed by atoms with Gasteiger partial charge in [0.1, 0.15) is 0 Å². The molecule has 0 aromatic rings. The van der Waals surface area contributed by atoms with Crippen LogP contribution in [0.1, 0.15) is 219 Å². The van der Waals surface area contributed by atoms with Crippen molar-refractivity contribution in [1.29, 1.82) is 0 Å². The molecule has 0 aromatic heterocycles. The molecule has 0 heterocycles. The molecule has 0 saturated heterocycles. The van der Waals surface area contributed by atoms with E-state index in [4.69, 9.17) is 23.2 Å². The molecule has 0 atom stereocenters. The molecular weight excluding hydrogens is 563 g/mol. The molecule has 0 amide bonds. The van der Waals surface area contributed by atoms with Crippen molar-refractivity contribution in [2.24, 2.45) is 0 Å². The van der Waals surface area contributed by atoms with Crippen LogP contribution in [0.3, 0.4) is 0 Å². The van der Waals surface area contributed by atoms with E-state index in [9.17, 15) is 9.59 Å². The average molecular weight is 636 g/mol. The molecule has 0 saturated carbocycles. The van der Waals surface area contributed by atoms with Crippen LogP contribution in [0.2, 0.25) is 0 Å². The molecule has 0 spiro atoms. The Hall–Kier alpha value is -0.280. The SMILES string of the molecule is CCCCCCCCCCCCCCCCCC(=O)Cl.CCCCCCCCCCCCCCCCCC(=O)OCCl. The smallest absolute Gasteiger partial charge is 0.306 e. The second-order valence-corrected chi connectivity index (χ2v) is 13.0. The highest BCUT2D eigenvalue weighted by Gasteiger charge is 2.01. The molecule has 0 unspecified atom stereocenters. The maximum absolute atomic E-state index is 11.1. The molecule has 3 nitrogen and oxygen atoms in total. The lowest BCUT2D eigenvalue weighted by atomic mass is 10.0. The van der Waals surface area contributed by atoms with E-state index in [0.29, 0.717) is 12.8 Å². The molecule has 0 aromatic carbocycles. The summed E-state index contributed by atoms with van der Waals surface area (Å²) in [6.45, 7) is 4.55. The van der Waals surface area contributed by atoms with Crippen molar-refractivity contribution in [2.45, 2.75) is 219 Å². The van der Waals surface area contributed by atoms with Gasteiger partial charge in [0, 0.05) is 12.8 Å². The predicted molar refractivity (Wildman–Crippen MR) is 187 cm³/mol. The summed E-state index contributed by atoms with van der Waals surface area (Å²) in [7, 11) is 0. The van der Waals surface area contributed by atoms with Gasteiger partial charge in [0.05, 0.1) is 0 Å². The number of esters is 1. The van der Waals surface area contributed by atoms with E-state index in [0.717, 1.165) is 25.7 Å². The van der Waals surface area contributed by atoms with E-state index in [1.54, 1.807) is 0 Å². The van der Waals surface area contributed by atoms with E-state index < -0.39 is 0 Å². The van der Waals surface area contributed by atoms with Gasteiger partial charge in [0.2, 0.25) is 5.24 Å². The summed E-state index contributed by atoms with van der Waals surface area (Å²) in [4.78, 5) is 21.6. The van der Waals surface area contributed by atoms with Crippen molar-refractivity contribution < 1.29 is 14.3 Å². The van der Waals surface area contributed by atoms with Crippen molar-refractivity contribution in [3.8, 4) is 0 Å². The maximum Gasteiger partial charge on any atom is 0.306 e. The van der Waals surface area contributed by atoms with Gasteiger partial charge in [-0.25, -0.2) is 0 Å². The molecule has 252 valence electrons. The van der Waals surface area contributed by atoms with Crippen LogP contribution in [0.15, 0.2) is 0 Å². The molecule has 0 bridgehead atoms. The second-order valence-electron chi connectivity index (χ2n) is 12.4. The minimum absolute atomic E-state index is 0.0163. The van der Waals surface area contributed by atoms with Gasteiger partial charge >= 0.3 is 5.97 Å². The number of carbonyl (C=O) groups is 2. The Balaban J connectivity index is 0. The summed E-state index contributed by atoms with van der Waals surface area (Å²) < 4.78 is 4.69. The van der Waals surface area contributed by atoms with Gasteiger partial charge in [-0.3, -0.25) is 9.59 Å². The number of hydrogen-bond acceptors (Lipinski definition) is 3. The number of carbonyl (C=O) groups excluding carboxylic acids is 2. The van der Waals surface area contributed by atoms with Crippen molar-refractivity contribution in [1.82, 2.24) is 0 Å².